The Labute approximate surface area is 190 Å². The molecule has 166 valence electrons. The van der Waals surface area contributed by atoms with Gasteiger partial charge < -0.3 is 14.2 Å². The Morgan fingerprint density at radius 3 is 2.64 bits per heavy atom. The lowest BCUT2D eigenvalue weighted by Gasteiger charge is -2.23. The highest BCUT2D eigenvalue weighted by molar-refractivity contribution is 5.92. The van der Waals surface area contributed by atoms with E-state index >= 15 is 0 Å². The smallest absolute Gasteiger partial charge is 0.342 e. The first-order valence-electron chi connectivity index (χ1n) is 10.6. The molecule has 2 atom stereocenters. The van der Waals surface area contributed by atoms with Crippen LogP contribution in [0.5, 0.6) is 11.5 Å². The summed E-state index contributed by atoms with van der Waals surface area (Å²) in [7, 11) is 1.52. The number of benzene rings is 2. The highest BCUT2D eigenvalue weighted by Gasteiger charge is 2.38. The van der Waals surface area contributed by atoms with Gasteiger partial charge in [0.15, 0.2) is 23.8 Å². The molecule has 5 rings (SSSR count). The van der Waals surface area contributed by atoms with Crippen LogP contribution in [0.3, 0.4) is 0 Å². The summed E-state index contributed by atoms with van der Waals surface area (Å²) in [6.45, 7) is 1.78. The number of fused-ring (bicyclic) bond motifs is 2. The van der Waals surface area contributed by atoms with E-state index in [-0.39, 0.29) is 0 Å². The molecule has 0 spiro atoms. The van der Waals surface area contributed by atoms with Crippen molar-refractivity contribution in [3.63, 3.8) is 0 Å². The van der Waals surface area contributed by atoms with E-state index < -0.39 is 18.2 Å². The molecule has 0 fully saturated rings. The number of methoxy groups -OCH3 is 1. The lowest BCUT2D eigenvalue weighted by atomic mass is 10.1. The number of esters is 1. The summed E-state index contributed by atoms with van der Waals surface area (Å²) >= 11 is 0. The summed E-state index contributed by atoms with van der Waals surface area (Å²) < 4.78 is 19.4. The normalized spacial score (nSPS) is 16.9. The number of pyridine rings is 1. The van der Waals surface area contributed by atoms with Crippen LogP contribution < -0.4 is 9.47 Å². The van der Waals surface area contributed by atoms with E-state index in [1.807, 2.05) is 24.3 Å². The molecule has 0 amide bonds. The number of imidazole rings is 1. The Hall–Kier alpha value is -4.13. The number of carbonyl (C=O) groups excluding carboxylic acids is 2. The number of aromatic nitrogens is 2. The second-order valence-corrected chi connectivity index (χ2v) is 7.85. The average Bonchev–Trinajstić information content (AvgIpc) is 3.35. The third-order valence-corrected chi connectivity index (χ3v) is 5.91. The number of rotatable bonds is 6. The number of hydrogen-bond donors (Lipinski definition) is 0. The van der Waals surface area contributed by atoms with Crippen molar-refractivity contribution < 1.29 is 23.8 Å². The van der Waals surface area contributed by atoms with Crippen LogP contribution in [0.25, 0.3) is 5.65 Å². The van der Waals surface area contributed by atoms with Gasteiger partial charge in [0.05, 0.1) is 12.8 Å². The first kappa shape index (κ1) is 20.8. The molecule has 0 radical (unpaired) electrons. The topological polar surface area (TPSA) is 79.1 Å². The standard InChI is InChI=1S/C26H22N2O5/c1-16-20(15-29)28-13-7-12-22(25(28)27-16)32-24-18-9-4-3-8-17(18)14-23(24)33-26(30)19-10-5-6-11-21(19)31-2/h3-13,15,23-24H,14H2,1-2H3. The summed E-state index contributed by atoms with van der Waals surface area (Å²) in [5, 5.41) is 0. The molecule has 7 heteroatoms. The van der Waals surface area contributed by atoms with Gasteiger partial charge in [-0.1, -0.05) is 36.4 Å². The molecule has 4 aromatic rings. The molecule has 0 saturated carbocycles. The van der Waals surface area contributed by atoms with Crippen LogP contribution in [0.1, 0.15) is 43.8 Å². The lowest BCUT2D eigenvalue weighted by Crippen LogP contribution is -2.26. The average molecular weight is 442 g/mol. The van der Waals surface area contributed by atoms with Crippen molar-refractivity contribution in [3.05, 3.63) is 94.9 Å². The van der Waals surface area contributed by atoms with Crippen molar-refractivity contribution in [2.45, 2.75) is 25.6 Å². The maximum Gasteiger partial charge on any atom is 0.342 e. The first-order chi connectivity index (χ1) is 16.1. The van der Waals surface area contributed by atoms with Crippen molar-refractivity contribution in [1.82, 2.24) is 9.38 Å². The van der Waals surface area contributed by atoms with Gasteiger partial charge in [0.25, 0.3) is 0 Å². The predicted molar refractivity (Wildman–Crippen MR) is 121 cm³/mol. The number of para-hydroxylation sites is 1. The van der Waals surface area contributed by atoms with Crippen molar-refractivity contribution in [2.24, 2.45) is 0 Å². The molecule has 0 bridgehead atoms. The molecule has 0 aliphatic heterocycles. The Morgan fingerprint density at radius 2 is 1.82 bits per heavy atom. The Kier molecular flexibility index (Phi) is 5.30. The van der Waals surface area contributed by atoms with E-state index in [4.69, 9.17) is 14.2 Å². The first-order valence-corrected chi connectivity index (χ1v) is 10.6. The van der Waals surface area contributed by atoms with E-state index in [1.54, 1.807) is 53.9 Å². The Morgan fingerprint density at radius 1 is 1.06 bits per heavy atom. The van der Waals surface area contributed by atoms with Crippen LogP contribution in [0.2, 0.25) is 0 Å². The van der Waals surface area contributed by atoms with Crippen molar-refractivity contribution in [2.75, 3.05) is 7.11 Å². The minimum absolute atomic E-state index is 0.358. The van der Waals surface area contributed by atoms with Gasteiger partial charge in [-0.15, -0.1) is 0 Å². The molecular weight excluding hydrogens is 420 g/mol. The summed E-state index contributed by atoms with van der Waals surface area (Å²) in [5.41, 5.74) is 4.00. The van der Waals surface area contributed by atoms with Crippen LogP contribution in [-0.4, -0.2) is 34.9 Å². The van der Waals surface area contributed by atoms with Gasteiger partial charge in [0, 0.05) is 12.6 Å². The van der Waals surface area contributed by atoms with E-state index in [2.05, 4.69) is 4.98 Å². The molecule has 0 saturated heterocycles. The Balaban J connectivity index is 1.50. The number of carbonyl (C=O) groups is 2. The molecule has 33 heavy (non-hydrogen) atoms. The fraction of sp³-hybridized carbons (Fsp3) is 0.192. The SMILES string of the molecule is COc1ccccc1C(=O)OC1Cc2ccccc2C1Oc1cccn2c(C=O)c(C)nc12. The maximum atomic E-state index is 13.0. The van der Waals surface area contributed by atoms with Crippen LogP contribution in [0, 0.1) is 6.92 Å². The second-order valence-electron chi connectivity index (χ2n) is 7.85. The third kappa shape index (κ3) is 3.61. The zero-order chi connectivity index (χ0) is 22.9. The summed E-state index contributed by atoms with van der Waals surface area (Å²) in [6.07, 6.45) is 2.01. The highest BCUT2D eigenvalue weighted by atomic mass is 16.6. The fourth-order valence-corrected chi connectivity index (χ4v) is 4.32. The summed E-state index contributed by atoms with van der Waals surface area (Å²) in [4.78, 5) is 29.0. The minimum atomic E-state index is -0.540. The molecule has 7 nitrogen and oxygen atoms in total. The second kappa shape index (κ2) is 8.43. The summed E-state index contributed by atoms with van der Waals surface area (Å²) in [5.74, 6) is 0.486. The molecule has 1 aliphatic carbocycles. The van der Waals surface area contributed by atoms with E-state index in [9.17, 15) is 9.59 Å². The van der Waals surface area contributed by atoms with E-state index in [0.717, 1.165) is 17.4 Å². The zero-order valence-corrected chi connectivity index (χ0v) is 18.2. The van der Waals surface area contributed by atoms with Crippen LogP contribution >= 0.6 is 0 Å². The van der Waals surface area contributed by atoms with Crippen LogP contribution in [0.15, 0.2) is 66.9 Å². The third-order valence-electron chi connectivity index (χ3n) is 5.91. The van der Waals surface area contributed by atoms with Gasteiger partial charge in [-0.25, -0.2) is 9.78 Å². The quantitative estimate of drug-likeness (QED) is 0.326. The van der Waals surface area contributed by atoms with Gasteiger partial charge in [-0.3, -0.25) is 9.20 Å². The van der Waals surface area contributed by atoms with Gasteiger partial charge in [-0.05, 0) is 42.3 Å². The number of hydrogen-bond acceptors (Lipinski definition) is 6. The molecule has 2 aromatic heterocycles. The van der Waals surface area contributed by atoms with E-state index in [0.29, 0.717) is 40.5 Å². The molecule has 2 aromatic carbocycles. The lowest BCUT2D eigenvalue weighted by molar-refractivity contribution is -0.00309. The fourth-order valence-electron chi connectivity index (χ4n) is 4.32. The molecule has 0 N–H and O–H groups in total. The molecule has 2 heterocycles. The largest absolute Gasteiger partial charge is 0.496 e. The monoisotopic (exact) mass is 442 g/mol. The Bertz CT molecular complexity index is 1360. The number of aldehydes is 1. The van der Waals surface area contributed by atoms with Gasteiger partial charge in [0.1, 0.15) is 23.1 Å². The minimum Gasteiger partial charge on any atom is -0.496 e. The molecular formula is C26H22N2O5. The van der Waals surface area contributed by atoms with Crippen LogP contribution in [0.4, 0.5) is 0 Å². The van der Waals surface area contributed by atoms with Gasteiger partial charge in [0.2, 0.25) is 0 Å². The highest BCUT2D eigenvalue weighted by Crippen LogP contribution is 2.38. The van der Waals surface area contributed by atoms with Crippen molar-refractivity contribution in [3.8, 4) is 11.5 Å². The van der Waals surface area contributed by atoms with Gasteiger partial charge in [-0.2, -0.15) is 0 Å². The number of nitrogens with zero attached hydrogens (tertiary/aromatic N) is 2. The van der Waals surface area contributed by atoms with Crippen LogP contribution in [-0.2, 0) is 11.2 Å². The zero-order valence-electron chi connectivity index (χ0n) is 18.2. The van der Waals surface area contributed by atoms with Crippen molar-refractivity contribution in [1.29, 1.82) is 0 Å². The maximum absolute atomic E-state index is 13.0. The van der Waals surface area contributed by atoms with Gasteiger partial charge >= 0.3 is 5.97 Å². The summed E-state index contributed by atoms with van der Waals surface area (Å²) in [6, 6.07) is 18.4. The molecule has 1 aliphatic rings. The van der Waals surface area contributed by atoms with E-state index in [1.165, 1.54) is 7.11 Å². The number of aryl methyl sites for hydroxylation is 1. The number of ether oxygens (including phenoxy) is 3. The predicted octanol–water partition coefficient (Wildman–Crippen LogP) is 4.37. The van der Waals surface area contributed by atoms with Crippen molar-refractivity contribution >= 4 is 17.9 Å². The molecule has 2 unspecified atom stereocenters.